The highest BCUT2D eigenvalue weighted by Gasteiger charge is 2.54. The van der Waals surface area contributed by atoms with Crippen molar-refractivity contribution < 1.29 is 45.6 Å². The number of sulfonamides is 1. The van der Waals surface area contributed by atoms with Crippen molar-refractivity contribution in [1.29, 1.82) is 0 Å². The van der Waals surface area contributed by atoms with E-state index in [1.165, 1.54) is 28.6 Å². The van der Waals surface area contributed by atoms with Gasteiger partial charge in [-0.25, -0.2) is 21.2 Å². The molecule has 0 radical (unpaired) electrons. The van der Waals surface area contributed by atoms with Gasteiger partial charge >= 0.3 is 0 Å². The lowest BCUT2D eigenvalue weighted by molar-refractivity contribution is -0.0312. The molecule has 6 rings (SSSR count). The molecule has 1 spiro atoms. The average molecular weight is 748 g/mol. The van der Waals surface area contributed by atoms with Crippen molar-refractivity contribution in [2.45, 2.75) is 77.9 Å². The van der Waals surface area contributed by atoms with Gasteiger partial charge in [0.05, 0.1) is 35.1 Å². The molecule has 3 aromatic rings. The third-order valence-electron chi connectivity index (χ3n) is 10.2. The summed E-state index contributed by atoms with van der Waals surface area (Å²) in [5.74, 6) is 0.0866. The Kier molecular flexibility index (Phi) is 11.1. The van der Waals surface area contributed by atoms with Crippen LogP contribution in [0.5, 0.6) is 11.5 Å². The highest BCUT2D eigenvalue weighted by molar-refractivity contribution is 7.93. The number of nitrogens with zero attached hydrogens (tertiary/aromatic N) is 1. The van der Waals surface area contributed by atoms with Crippen LogP contribution in [0, 0.1) is 5.82 Å². The van der Waals surface area contributed by atoms with Gasteiger partial charge < -0.3 is 35.5 Å². The topological polar surface area (TPSA) is 178 Å². The lowest BCUT2D eigenvalue weighted by Crippen LogP contribution is -2.47. The van der Waals surface area contributed by atoms with Gasteiger partial charge in [-0.15, -0.1) is 0 Å². The normalized spacial score (nSPS) is 20.7. The Morgan fingerprint density at radius 2 is 1.75 bits per heavy atom. The Morgan fingerprint density at radius 3 is 2.41 bits per heavy atom. The summed E-state index contributed by atoms with van der Waals surface area (Å²) in [6.45, 7) is 2.74. The quantitative estimate of drug-likeness (QED) is 0.180. The Morgan fingerprint density at radius 1 is 1.02 bits per heavy atom. The number of aliphatic hydroxyl groups excluding tert-OH is 2. The number of ether oxygens (including phenoxy) is 3. The van der Waals surface area contributed by atoms with E-state index in [9.17, 15) is 31.4 Å². The van der Waals surface area contributed by atoms with Gasteiger partial charge in [0, 0.05) is 37.8 Å². The summed E-state index contributed by atoms with van der Waals surface area (Å²) in [6.07, 6.45) is 1.58. The van der Waals surface area contributed by atoms with E-state index in [0.717, 1.165) is 0 Å². The molecule has 0 bridgehead atoms. The molecule has 0 aromatic heterocycles. The zero-order chi connectivity index (χ0) is 36.4. The monoisotopic (exact) mass is 747 g/mol. The molecule has 2 aliphatic heterocycles. The van der Waals surface area contributed by atoms with Crippen molar-refractivity contribution in [2.24, 2.45) is 5.73 Å². The molecule has 0 unspecified atom stereocenters. The van der Waals surface area contributed by atoms with E-state index >= 15 is 0 Å². The number of nitrogens with one attached hydrogen (secondary N) is 1. The molecule has 2 saturated heterocycles. The summed E-state index contributed by atoms with van der Waals surface area (Å²) in [5, 5.41) is 23.5. The Labute approximate surface area is 298 Å². The van der Waals surface area contributed by atoms with E-state index in [2.05, 4.69) is 5.32 Å². The number of hydrogen-bond acceptors (Lipinski definition) is 11. The minimum Gasteiger partial charge on any atom is -0.492 e. The van der Waals surface area contributed by atoms with Crippen LogP contribution in [0.2, 0.25) is 0 Å². The standard InChI is InChI=1S/C36H46FN3O9S2/c1-2-47-33-9-8-26(25-6-7-27(20-38)32(37)16-25)17-34(33)51(45,46)40-14-12-35(13-15-40)19-28(22-49-35)39-21-29(42)23-48-30-4-3-5-31(18-30)50(43,44)36(24-41)10-11-36/h3-9,16-18,28-29,39,41-42H,2,10-15,19-24,38H2,1H3/t28-,29-/m0/s1. The number of sulfone groups is 1. The number of benzene rings is 3. The Balaban J connectivity index is 1.02. The fourth-order valence-electron chi connectivity index (χ4n) is 6.84. The molecule has 3 aromatic carbocycles. The first-order valence-corrected chi connectivity index (χ1v) is 20.2. The average Bonchev–Trinajstić information content (AvgIpc) is 3.86. The SMILES string of the molecule is CCOc1ccc(-c2ccc(CN)c(F)c2)cc1S(=O)(=O)N1CCC2(CC1)C[C@H](NC[C@H](O)COc1cccc(S(=O)(=O)C3(CO)CC3)c1)CO2. The maximum atomic E-state index is 14.5. The van der Waals surface area contributed by atoms with Crippen LogP contribution in [0.15, 0.2) is 70.5 Å². The Hall–Kier alpha value is -3.15. The number of halogens is 1. The molecule has 1 saturated carbocycles. The van der Waals surface area contributed by atoms with Gasteiger partial charge in [-0.05, 0) is 86.6 Å². The fourth-order valence-corrected chi connectivity index (χ4v) is 10.3. The molecule has 51 heavy (non-hydrogen) atoms. The molecular formula is C36H46FN3O9S2. The van der Waals surface area contributed by atoms with Crippen LogP contribution in [-0.2, 0) is 31.1 Å². The first-order chi connectivity index (χ1) is 24.3. The zero-order valence-electron chi connectivity index (χ0n) is 28.6. The lowest BCUT2D eigenvalue weighted by atomic mass is 9.88. The van der Waals surface area contributed by atoms with Gasteiger partial charge in [0.25, 0.3) is 0 Å². The first-order valence-electron chi connectivity index (χ1n) is 17.2. The van der Waals surface area contributed by atoms with Gasteiger partial charge in [-0.3, -0.25) is 0 Å². The lowest BCUT2D eigenvalue weighted by Gasteiger charge is -2.38. The summed E-state index contributed by atoms with van der Waals surface area (Å²) >= 11 is 0. The fraction of sp³-hybridized carbons (Fsp3) is 0.500. The number of hydrogen-bond donors (Lipinski definition) is 4. The third kappa shape index (κ3) is 7.81. The van der Waals surface area contributed by atoms with E-state index in [1.54, 1.807) is 43.3 Å². The molecule has 3 aliphatic rings. The summed E-state index contributed by atoms with van der Waals surface area (Å²) in [5.41, 5.74) is 6.54. The predicted octanol–water partition coefficient (Wildman–Crippen LogP) is 2.99. The van der Waals surface area contributed by atoms with Gasteiger partial charge in [-0.2, -0.15) is 4.31 Å². The molecule has 12 nitrogen and oxygen atoms in total. The first kappa shape index (κ1) is 37.6. The van der Waals surface area contributed by atoms with Gasteiger partial charge in [0.2, 0.25) is 10.0 Å². The van der Waals surface area contributed by atoms with Crippen molar-refractivity contribution in [3.63, 3.8) is 0 Å². The molecule has 278 valence electrons. The minimum absolute atomic E-state index is 0.0227. The molecule has 5 N–H and O–H groups in total. The van der Waals surface area contributed by atoms with Crippen LogP contribution in [-0.4, -0.2) is 99.9 Å². The smallest absolute Gasteiger partial charge is 0.246 e. The van der Waals surface area contributed by atoms with Crippen LogP contribution in [0.25, 0.3) is 11.1 Å². The molecule has 15 heteroatoms. The van der Waals surface area contributed by atoms with E-state index in [4.69, 9.17) is 19.9 Å². The number of rotatable bonds is 15. The molecule has 0 amide bonds. The van der Waals surface area contributed by atoms with Crippen molar-refractivity contribution in [2.75, 3.05) is 46.1 Å². The van der Waals surface area contributed by atoms with Crippen molar-refractivity contribution in [3.8, 4) is 22.6 Å². The number of piperidine rings is 1. The molecule has 2 atom stereocenters. The summed E-state index contributed by atoms with van der Waals surface area (Å²) in [4.78, 5) is 0.106. The second-order valence-electron chi connectivity index (χ2n) is 13.6. The van der Waals surface area contributed by atoms with E-state index in [1.807, 2.05) is 0 Å². The molecule has 2 heterocycles. The maximum Gasteiger partial charge on any atom is 0.246 e. The largest absolute Gasteiger partial charge is 0.492 e. The summed E-state index contributed by atoms with van der Waals surface area (Å²) < 4.78 is 86.4. The highest BCUT2D eigenvalue weighted by atomic mass is 32.2. The van der Waals surface area contributed by atoms with Gasteiger partial charge in [0.1, 0.15) is 34.9 Å². The van der Waals surface area contributed by atoms with Gasteiger partial charge in [0.15, 0.2) is 9.84 Å². The second kappa shape index (κ2) is 15.1. The van der Waals surface area contributed by atoms with Crippen LogP contribution in [0.3, 0.4) is 0 Å². The highest BCUT2D eigenvalue weighted by Crippen LogP contribution is 2.46. The van der Waals surface area contributed by atoms with E-state index in [0.29, 0.717) is 61.2 Å². The Bertz CT molecular complexity index is 1930. The number of aliphatic hydroxyl groups is 2. The predicted molar refractivity (Wildman–Crippen MR) is 188 cm³/mol. The van der Waals surface area contributed by atoms with E-state index < -0.39 is 48.7 Å². The second-order valence-corrected chi connectivity index (χ2v) is 17.8. The minimum atomic E-state index is -3.96. The van der Waals surface area contributed by atoms with Crippen molar-refractivity contribution in [1.82, 2.24) is 9.62 Å². The van der Waals surface area contributed by atoms with Gasteiger partial charge in [-0.1, -0.05) is 24.3 Å². The van der Waals surface area contributed by atoms with Crippen LogP contribution in [0.1, 0.15) is 44.6 Å². The van der Waals surface area contributed by atoms with Crippen molar-refractivity contribution >= 4 is 19.9 Å². The van der Waals surface area contributed by atoms with Crippen LogP contribution >= 0.6 is 0 Å². The third-order valence-corrected chi connectivity index (χ3v) is 14.6. The van der Waals surface area contributed by atoms with Crippen molar-refractivity contribution in [3.05, 3.63) is 72.0 Å². The molecule has 1 aliphatic carbocycles. The van der Waals surface area contributed by atoms with Crippen LogP contribution in [0.4, 0.5) is 4.39 Å². The molecule has 3 fully saturated rings. The van der Waals surface area contributed by atoms with Crippen LogP contribution < -0.4 is 20.5 Å². The zero-order valence-corrected chi connectivity index (χ0v) is 30.2. The number of nitrogens with two attached hydrogens (primary N) is 1. The summed E-state index contributed by atoms with van der Waals surface area (Å²) in [6, 6.07) is 15.5. The maximum absolute atomic E-state index is 14.5. The summed E-state index contributed by atoms with van der Waals surface area (Å²) in [7, 11) is -7.66. The van der Waals surface area contributed by atoms with E-state index in [-0.39, 0.29) is 61.0 Å². The molecular weight excluding hydrogens is 702 g/mol.